The maximum absolute atomic E-state index is 12.8. The summed E-state index contributed by atoms with van der Waals surface area (Å²) in [6.45, 7) is 1.70. The van der Waals surface area contributed by atoms with Crippen LogP contribution < -0.4 is 5.32 Å². The Morgan fingerprint density at radius 2 is 2.11 bits per heavy atom. The van der Waals surface area contributed by atoms with Crippen molar-refractivity contribution in [3.05, 3.63) is 46.5 Å². The molecule has 1 aliphatic rings. The first-order valence-corrected chi connectivity index (χ1v) is 9.43. The molecule has 1 aliphatic heterocycles. The summed E-state index contributed by atoms with van der Waals surface area (Å²) in [5.74, 6) is -0.971. The van der Waals surface area contributed by atoms with Crippen molar-refractivity contribution >= 4 is 28.3 Å². The van der Waals surface area contributed by atoms with Gasteiger partial charge in [0.1, 0.15) is 5.69 Å². The highest BCUT2D eigenvalue weighted by Crippen LogP contribution is 2.29. The van der Waals surface area contributed by atoms with Crippen molar-refractivity contribution in [3.8, 4) is 0 Å². The van der Waals surface area contributed by atoms with Gasteiger partial charge in [-0.05, 0) is 38.2 Å². The van der Waals surface area contributed by atoms with E-state index in [1.54, 1.807) is 11.9 Å². The Labute approximate surface area is 164 Å². The fourth-order valence-electron chi connectivity index (χ4n) is 3.01. The minimum absolute atomic E-state index is 0.0994. The maximum Gasteiger partial charge on any atom is 0.416 e. The second-order valence-electron chi connectivity index (χ2n) is 6.69. The number of halogens is 3. The number of thiazole rings is 1. The zero-order valence-corrected chi connectivity index (χ0v) is 16.1. The summed E-state index contributed by atoms with van der Waals surface area (Å²) >= 11 is 1.05. The van der Waals surface area contributed by atoms with Gasteiger partial charge in [0.25, 0.3) is 11.8 Å². The number of likely N-dealkylation sites (tertiary alicyclic amines) is 1. The molecule has 1 atom stereocenters. The fraction of sp³-hybridized carbons (Fsp3) is 0.389. The Morgan fingerprint density at radius 3 is 2.75 bits per heavy atom. The third-order valence-electron chi connectivity index (χ3n) is 4.63. The van der Waals surface area contributed by atoms with Gasteiger partial charge in [0.05, 0.1) is 5.56 Å². The van der Waals surface area contributed by atoms with Crippen molar-refractivity contribution in [2.45, 2.75) is 18.6 Å². The molecule has 2 amide bonds. The monoisotopic (exact) mass is 412 g/mol. The molecular formula is C18H19F3N4O2S. The maximum atomic E-state index is 12.8. The Hall–Kier alpha value is -2.46. The highest BCUT2D eigenvalue weighted by Gasteiger charge is 2.31. The predicted octanol–water partition coefficient (Wildman–Crippen LogP) is 3.19. The fourth-order valence-corrected chi connectivity index (χ4v) is 3.69. The van der Waals surface area contributed by atoms with Crippen LogP contribution in [-0.2, 0) is 6.18 Å². The van der Waals surface area contributed by atoms with Gasteiger partial charge in [0, 0.05) is 30.6 Å². The van der Waals surface area contributed by atoms with E-state index in [-0.39, 0.29) is 28.3 Å². The van der Waals surface area contributed by atoms with Crippen LogP contribution in [0.15, 0.2) is 29.6 Å². The van der Waals surface area contributed by atoms with E-state index in [4.69, 9.17) is 0 Å². The van der Waals surface area contributed by atoms with Crippen LogP contribution in [0.3, 0.4) is 0 Å². The molecule has 0 spiro atoms. The summed E-state index contributed by atoms with van der Waals surface area (Å²) in [7, 11) is 3.70. The van der Waals surface area contributed by atoms with Crippen molar-refractivity contribution in [2.75, 3.05) is 32.5 Å². The van der Waals surface area contributed by atoms with Gasteiger partial charge in [-0.1, -0.05) is 6.07 Å². The summed E-state index contributed by atoms with van der Waals surface area (Å²) < 4.78 is 38.4. The number of likely N-dealkylation sites (N-methyl/N-ethyl adjacent to an activating group) is 2. The molecule has 2 heterocycles. The van der Waals surface area contributed by atoms with Gasteiger partial charge in [0.15, 0.2) is 5.13 Å². The van der Waals surface area contributed by atoms with Gasteiger partial charge in [-0.25, -0.2) is 4.98 Å². The summed E-state index contributed by atoms with van der Waals surface area (Å²) in [6.07, 6.45) is -3.65. The Kier molecular flexibility index (Phi) is 5.71. The predicted molar refractivity (Wildman–Crippen MR) is 99.5 cm³/mol. The smallest absolute Gasteiger partial charge is 0.336 e. The number of aromatic nitrogens is 1. The Morgan fingerprint density at radius 1 is 1.36 bits per heavy atom. The Balaban J connectivity index is 1.67. The first kappa shape index (κ1) is 20.3. The van der Waals surface area contributed by atoms with Crippen molar-refractivity contribution in [2.24, 2.45) is 0 Å². The number of alkyl halides is 3. The number of amides is 2. The molecule has 1 fully saturated rings. The van der Waals surface area contributed by atoms with Crippen molar-refractivity contribution in [3.63, 3.8) is 0 Å². The van der Waals surface area contributed by atoms with E-state index >= 15 is 0 Å². The lowest BCUT2D eigenvalue weighted by molar-refractivity contribution is -0.137. The number of nitrogens with zero attached hydrogens (tertiary/aromatic N) is 3. The number of benzene rings is 1. The number of carbonyl (C=O) groups excluding carboxylic acids is 2. The molecule has 10 heteroatoms. The molecule has 0 aliphatic carbocycles. The topological polar surface area (TPSA) is 65.5 Å². The normalized spacial score (nSPS) is 17.5. The third-order valence-corrected chi connectivity index (χ3v) is 5.39. The minimum atomic E-state index is -4.53. The lowest BCUT2D eigenvalue weighted by Crippen LogP contribution is -2.38. The van der Waals surface area contributed by atoms with E-state index in [9.17, 15) is 22.8 Å². The van der Waals surface area contributed by atoms with E-state index < -0.39 is 17.6 Å². The summed E-state index contributed by atoms with van der Waals surface area (Å²) in [5.41, 5.74) is -0.844. The lowest BCUT2D eigenvalue weighted by Gasteiger charge is -2.23. The van der Waals surface area contributed by atoms with Gasteiger partial charge in [-0.3, -0.25) is 14.9 Å². The second kappa shape index (κ2) is 7.88. The SMILES string of the molecule is CN1CC[C@@H](N(C)C(=O)c2csc(NC(=O)c3cccc(C(F)(F)F)c3)n2)C1. The zero-order valence-electron chi connectivity index (χ0n) is 15.3. The number of anilines is 1. The quantitative estimate of drug-likeness (QED) is 0.838. The van der Waals surface area contributed by atoms with Crippen LogP contribution in [0.2, 0.25) is 0 Å². The molecule has 0 unspecified atom stereocenters. The van der Waals surface area contributed by atoms with Gasteiger partial charge in [-0.15, -0.1) is 11.3 Å². The molecule has 0 saturated carbocycles. The third kappa shape index (κ3) is 4.50. The van der Waals surface area contributed by atoms with E-state index in [0.717, 1.165) is 43.0 Å². The summed E-state index contributed by atoms with van der Waals surface area (Å²) in [4.78, 5) is 32.7. The minimum Gasteiger partial charge on any atom is -0.336 e. The van der Waals surface area contributed by atoms with Crippen molar-refractivity contribution < 1.29 is 22.8 Å². The van der Waals surface area contributed by atoms with E-state index in [2.05, 4.69) is 15.2 Å². The molecule has 0 radical (unpaired) electrons. The van der Waals surface area contributed by atoms with Crippen LogP contribution >= 0.6 is 11.3 Å². The lowest BCUT2D eigenvalue weighted by atomic mass is 10.1. The van der Waals surface area contributed by atoms with E-state index in [0.29, 0.717) is 0 Å². The van der Waals surface area contributed by atoms with Gasteiger partial charge in [0.2, 0.25) is 0 Å². The van der Waals surface area contributed by atoms with Crippen LogP contribution in [-0.4, -0.2) is 59.8 Å². The largest absolute Gasteiger partial charge is 0.416 e. The summed E-state index contributed by atoms with van der Waals surface area (Å²) in [5, 5.41) is 4.13. The van der Waals surface area contributed by atoms with Crippen LogP contribution in [0.5, 0.6) is 0 Å². The number of rotatable bonds is 4. The second-order valence-corrected chi connectivity index (χ2v) is 7.55. The van der Waals surface area contributed by atoms with Crippen LogP contribution in [0.4, 0.5) is 18.3 Å². The van der Waals surface area contributed by atoms with E-state index in [1.807, 2.05) is 7.05 Å². The first-order chi connectivity index (χ1) is 13.1. The number of hydrogen-bond donors (Lipinski definition) is 1. The zero-order chi connectivity index (χ0) is 20.5. The molecule has 1 aromatic carbocycles. The molecule has 28 heavy (non-hydrogen) atoms. The number of nitrogens with one attached hydrogen (secondary N) is 1. The molecule has 150 valence electrons. The van der Waals surface area contributed by atoms with Crippen molar-refractivity contribution in [1.29, 1.82) is 0 Å². The molecule has 1 saturated heterocycles. The Bertz CT molecular complexity index is 884. The molecule has 2 aromatic rings. The van der Waals surface area contributed by atoms with Gasteiger partial charge >= 0.3 is 6.18 Å². The van der Waals surface area contributed by atoms with Crippen LogP contribution in [0, 0.1) is 0 Å². The average Bonchev–Trinajstić information content (AvgIpc) is 3.29. The molecule has 1 aromatic heterocycles. The molecule has 1 N–H and O–H groups in total. The van der Waals surface area contributed by atoms with E-state index in [1.165, 1.54) is 17.5 Å². The first-order valence-electron chi connectivity index (χ1n) is 8.55. The molecular weight excluding hydrogens is 393 g/mol. The molecule has 6 nitrogen and oxygen atoms in total. The highest BCUT2D eigenvalue weighted by atomic mass is 32.1. The van der Waals surface area contributed by atoms with Crippen molar-refractivity contribution in [1.82, 2.24) is 14.8 Å². The summed E-state index contributed by atoms with van der Waals surface area (Å²) in [6, 6.07) is 4.23. The van der Waals surface area contributed by atoms with Gasteiger partial charge in [-0.2, -0.15) is 13.2 Å². The van der Waals surface area contributed by atoms with Crippen LogP contribution in [0.25, 0.3) is 0 Å². The number of hydrogen-bond acceptors (Lipinski definition) is 5. The van der Waals surface area contributed by atoms with Crippen LogP contribution in [0.1, 0.15) is 32.8 Å². The highest BCUT2D eigenvalue weighted by molar-refractivity contribution is 7.14. The molecule has 0 bridgehead atoms. The standard InChI is InChI=1S/C18H19F3N4O2S/c1-24-7-6-13(9-24)25(2)16(27)14-10-28-17(22-14)23-15(26)11-4-3-5-12(8-11)18(19,20)21/h3-5,8,10,13H,6-7,9H2,1-2H3,(H,22,23,26)/t13-/m1/s1. The number of carbonyl (C=O) groups is 2. The van der Waals surface area contributed by atoms with Gasteiger partial charge < -0.3 is 9.80 Å². The molecule has 3 rings (SSSR count). The average molecular weight is 412 g/mol.